The zero-order valence-corrected chi connectivity index (χ0v) is 9.76. The molecule has 0 saturated carbocycles. The van der Waals surface area contributed by atoms with E-state index in [1.807, 2.05) is 30.3 Å². The SMILES string of the molecule is Clc1cnc2c(ccc3ccccc32)c1Cl. The van der Waals surface area contributed by atoms with E-state index in [1.165, 1.54) is 0 Å². The van der Waals surface area contributed by atoms with Gasteiger partial charge in [-0.1, -0.05) is 59.6 Å². The van der Waals surface area contributed by atoms with Gasteiger partial charge in [-0.05, 0) is 5.39 Å². The molecule has 1 nitrogen and oxygen atoms in total. The van der Waals surface area contributed by atoms with Gasteiger partial charge in [-0.3, -0.25) is 4.98 Å². The van der Waals surface area contributed by atoms with Crippen molar-refractivity contribution in [3.8, 4) is 0 Å². The normalized spacial score (nSPS) is 11.1. The van der Waals surface area contributed by atoms with Crippen molar-refractivity contribution in [2.45, 2.75) is 0 Å². The molecule has 1 aromatic heterocycles. The van der Waals surface area contributed by atoms with Crippen LogP contribution >= 0.6 is 23.2 Å². The molecule has 3 aromatic rings. The molecule has 0 aliphatic carbocycles. The van der Waals surface area contributed by atoms with Gasteiger partial charge in [0.05, 0.1) is 15.6 Å². The van der Waals surface area contributed by atoms with Gasteiger partial charge < -0.3 is 0 Å². The highest BCUT2D eigenvalue weighted by molar-refractivity contribution is 6.45. The summed E-state index contributed by atoms with van der Waals surface area (Å²) in [5.41, 5.74) is 0.896. The number of rotatable bonds is 0. The molecule has 0 amide bonds. The van der Waals surface area contributed by atoms with Gasteiger partial charge in [-0.15, -0.1) is 0 Å². The van der Waals surface area contributed by atoms with Crippen molar-refractivity contribution in [3.05, 3.63) is 52.6 Å². The van der Waals surface area contributed by atoms with Crippen LogP contribution in [0.15, 0.2) is 42.6 Å². The number of fused-ring (bicyclic) bond motifs is 3. The predicted octanol–water partition coefficient (Wildman–Crippen LogP) is 4.69. The summed E-state index contributed by atoms with van der Waals surface area (Å²) in [4.78, 5) is 4.35. The van der Waals surface area contributed by atoms with E-state index < -0.39 is 0 Å². The fraction of sp³-hybridized carbons (Fsp3) is 0. The molecule has 1 heterocycles. The number of nitrogens with zero attached hydrogens (tertiary/aromatic N) is 1. The number of halogens is 2. The summed E-state index contributed by atoms with van der Waals surface area (Å²) < 4.78 is 0. The zero-order valence-electron chi connectivity index (χ0n) is 8.24. The summed E-state index contributed by atoms with van der Waals surface area (Å²) in [5, 5.41) is 4.20. The van der Waals surface area contributed by atoms with Crippen LogP contribution in [0.2, 0.25) is 10.0 Å². The van der Waals surface area contributed by atoms with Crippen molar-refractivity contribution < 1.29 is 0 Å². The third kappa shape index (κ3) is 1.36. The highest BCUT2D eigenvalue weighted by Crippen LogP contribution is 2.32. The molecule has 3 heteroatoms. The molecule has 0 aliphatic rings. The van der Waals surface area contributed by atoms with E-state index in [1.54, 1.807) is 6.20 Å². The Morgan fingerprint density at radius 1 is 0.875 bits per heavy atom. The number of hydrogen-bond donors (Lipinski definition) is 0. The van der Waals surface area contributed by atoms with Gasteiger partial charge in [0, 0.05) is 17.0 Å². The molecule has 2 aromatic carbocycles. The summed E-state index contributed by atoms with van der Waals surface area (Å²) in [6.45, 7) is 0. The van der Waals surface area contributed by atoms with Crippen molar-refractivity contribution in [1.29, 1.82) is 0 Å². The fourth-order valence-electron chi connectivity index (χ4n) is 1.88. The molecule has 0 radical (unpaired) electrons. The lowest BCUT2D eigenvalue weighted by Gasteiger charge is -2.05. The van der Waals surface area contributed by atoms with Crippen LogP contribution in [-0.2, 0) is 0 Å². The first kappa shape index (κ1) is 9.88. The second kappa shape index (κ2) is 3.62. The molecular formula is C13H7Cl2N. The molecule has 16 heavy (non-hydrogen) atoms. The topological polar surface area (TPSA) is 12.9 Å². The van der Waals surface area contributed by atoms with Gasteiger partial charge in [0.2, 0.25) is 0 Å². The van der Waals surface area contributed by atoms with Crippen molar-refractivity contribution >= 4 is 44.9 Å². The smallest absolute Gasteiger partial charge is 0.0796 e. The maximum atomic E-state index is 6.15. The van der Waals surface area contributed by atoms with E-state index in [0.717, 1.165) is 21.7 Å². The van der Waals surface area contributed by atoms with Gasteiger partial charge >= 0.3 is 0 Å². The fourth-order valence-corrected chi connectivity index (χ4v) is 2.23. The molecule has 0 aliphatic heterocycles. The van der Waals surface area contributed by atoms with Crippen LogP contribution in [0, 0.1) is 0 Å². The van der Waals surface area contributed by atoms with Crippen LogP contribution in [-0.4, -0.2) is 4.98 Å². The van der Waals surface area contributed by atoms with Crippen LogP contribution in [0.1, 0.15) is 0 Å². The molecule has 78 valence electrons. The molecule has 0 N–H and O–H groups in total. The Balaban J connectivity index is 2.58. The lowest BCUT2D eigenvalue weighted by molar-refractivity contribution is 1.43. The zero-order chi connectivity index (χ0) is 11.1. The van der Waals surface area contributed by atoms with Crippen molar-refractivity contribution in [2.24, 2.45) is 0 Å². The molecular weight excluding hydrogens is 241 g/mol. The Kier molecular flexibility index (Phi) is 2.23. The van der Waals surface area contributed by atoms with Crippen LogP contribution in [0.4, 0.5) is 0 Å². The Morgan fingerprint density at radius 2 is 1.69 bits per heavy atom. The van der Waals surface area contributed by atoms with Crippen LogP contribution < -0.4 is 0 Å². The van der Waals surface area contributed by atoms with Crippen molar-refractivity contribution in [3.63, 3.8) is 0 Å². The molecule has 0 fully saturated rings. The first-order valence-electron chi connectivity index (χ1n) is 4.89. The third-order valence-electron chi connectivity index (χ3n) is 2.65. The molecule has 0 bridgehead atoms. The Bertz CT molecular complexity index is 692. The quantitative estimate of drug-likeness (QED) is 0.525. The van der Waals surface area contributed by atoms with Gasteiger partial charge in [-0.2, -0.15) is 0 Å². The second-order valence-electron chi connectivity index (χ2n) is 3.60. The maximum Gasteiger partial charge on any atom is 0.0796 e. The van der Waals surface area contributed by atoms with Crippen molar-refractivity contribution in [1.82, 2.24) is 4.98 Å². The van der Waals surface area contributed by atoms with Crippen LogP contribution in [0.3, 0.4) is 0 Å². The summed E-state index contributed by atoms with van der Waals surface area (Å²) in [6, 6.07) is 12.1. The van der Waals surface area contributed by atoms with Crippen LogP contribution in [0.25, 0.3) is 21.7 Å². The number of hydrogen-bond acceptors (Lipinski definition) is 1. The van der Waals surface area contributed by atoms with Crippen molar-refractivity contribution in [2.75, 3.05) is 0 Å². The molecule has 3 rings (SSSR count). The minimum atomic E-state index is 0.490. The first-order valence-corrected chi connectivity index (χ1v) is 5.64. The lowest BCUT2D eigenvalue weighted by Crippen LogP contribution is -1.83. The summed E-state index contributed by atoms with van der Waals surface area (Å²) >= 11 is 12.1. The van der Waals surface area contributed by atoms with Gasteiger partial charge in [0.15, 0.2) is 0 Å². The molecule has 0 atom stereocenters. The predicted molar refractivity (Wildman–Crippen MR) is 69.3 cm³/mol. The summed E-state index contributed by atoms with van der Waals surface area (Å²) in [6.07, 6.45) is 1.60. The van der Waals surface area contributed by atoms with E-state index in [0.29, 0.717) is 10.0 Å². The minimum Gasteiger partial charge on any atom is -0.254 e. The highest BCUT2D eigenvalue weighted by Gasteiger charge is 2.07. The third-order valence-corrected chi connectivity index (χ3v) is 3.44. The molecule has 0 spiro atoms. The van der Waals surface area contributed by atoms with Crippen LogP contribution in [0.5, 0.6) is 0 Å². The van der Waals surface area contributed by atoms with E-state index >= 15 is 0 Å². The Morgan fingerprint density at radius 3 is 2.56 bits per heavy atom. The van der Waals surface area contributed by atoms with Gasteiger partial charge in [0.25, 0.3) is 0 Å². The molecule has 0 unspecified atom stereocenters. The first-order chi connectivity index (χ1) is 7.77. The largest absolute Gasteiger partial charge is 0.254 e. The average molecular weight is 248 g/mol. The van der Waals surface area contributed by atoms with Gasteiger partial charge in [0.1, 0.15) is 0 Å². The number of pyridine rings is 1. The number of benzene rings is 2. The standard InChI is InChI=1S/C13H7Cl2N/c14-11-7-16-13-9-4-2-1-3-8(9)5-6-10(13)12(11)15/h1-7H. The minimum absolute atomic E-state index is 0.490. The lowest BCUT2D eigenvalue weighted by atomic mass is 10.1. The van der Waals surface area contributed by atoms with Gasteiger partial charge in [-0.25, -0.2) is 0 Å². The number of aromatic nitrogens is 1. The monoisotopic (exact) mass is 247 g/mol. The Labute approximate surface area is 103 Å². The highest BCUT2D eigenvalue weighted by atomic mass is 35.5. The van der Waals surface area contributed by atoms with E-state index in [2.05, 4.69) is 11.1 Å². The summed E-state index contributed by atoms with van der Waals surface area (Å²) in [7, 11) is 0. The van der Waals surface area contributed by atoms with E-state index in [9.17, 15) is 0 Å². The molecule has 0 saturated heterocycles. The average Bonchev–Trinajstić information content (AvgIpc) is 2.33. The van der Waals surface area contributed by atoms with E-state index in [4.69, 9.17) is 23.2 Å². The second-order valence-corrected chi connectivity index (χ2v) is 4.39. The summed E-state index contributed by atoms with van der Waals surface area (Å²) in [5.74, 6) is 0. The van der Waals surface area contributed by atoms with E-state index in [-0.39, 0.29) is 0 Å². The maximum absolute atomic E-state index is 6.15. The Hall–Kier alpha value is -1.31.